The molecule has 2 aromatic carbocycles. The molecule has 0 aliphatic carbocycles. The molecule has 1 amide bonds. The van der Waals surface area contributed by atoms with E-state index in [2.05, 4.69) is 10.2 Å². The zero-order chi connectivity index (χ0) is 22.5. The van der Waals surface area contributed by atoms with Crippen LogP contribution < -0.4 is 9.47 Å². The summed E-state index contributed by atoms with van der Waals surface area (Å²) in [6.07, 6.45) is 3.30. The summed E-state index contributed by atoms with van der Waals surface area (Å²) in [6.45, 7) is 1.69. The summed E-state index contributed by atoms with van der Waals surface area (Å²) in [5.41, 5.74) is 1.60. The number of carbonyl (C=O) groups excluding carboxylic acids is 1. The molecule has 3 aromatic rings. The highest BCUT2D eigenvalue weighted by molar-refractivity contribution is 5.90. The van der Waals surface area contributed by atoms with Crippen LogP contribution in [0.25, 0.3) is 23.1 Å². The second-order valence-corrected chi connectivity index (χ2v) is 7.06. The fourth-order valence-electron chi connectivity index (χ4n) is 3.53. The van der Waals surface area contributed by atoms with E-state index in [-0.39, 0.29) is 29.7 Å². The lowest BCUT2D eigenvalue weighted by Gasteiger charge is -2.26. The van der Waals surface area contributed by atoms with Gasteiger partial charge in [-0.15, -0.1) is 0 Å². The number of hydrogen-bond donors (Lipinski definition) is 1. The number of hydrogen-bond acceptors (Lipinski definition) is 7. The Balaban J connectivity index is 1.58. The summed E-state index contributed by atoms with van der Waals surface area (Å²) < 4.78 is 16.1. The Kier molecular flexibility index (Phi) is 6.31. The van der Waals surface area contributed by atoms with E-state index in [0.717, 1.165) is 10.9 Å². The van der Waals surface area contributed by atoms with Gasteiger partial charge < -0.3 is 19.1 Å². The highest BCUT2D eigenvalue weighted by atomic mass is 16.6. The van der Waals surface area contributed by atoms with Gasteiger partial charge in [-0.25, -0.2) is 0 Å². The van der Waals surface area contributed by atoms with Crippen molar-refractivity contribution in [3.8, 4) is 11.5 Å². The number of rotatable bonds is 7. The van der Waals surface area contributed by atoms with Crippen molar-refractivity contribution >= 4 is 34.6 Å². The molecule has 0 unspecified atom stereocenters. The quantitative estimate of drug-likeness (QED) is 0.445. The minimum Gasteiger partial charge on any atom is -0.488 e. The largest absolute Gasteiger partial charge is 0.488 e. The van der Waals surface area contributed by atoms with Crippen molar-refractivity contribution in [1.29, 1.82) is 0 Å². The van der Waals surface area contributed by atoms with Crippen LogP contribution >= 0.6 is 0 Å². The maximum Gasteiger partial charge on any atom is 0.322 e. The van der Waals surface area contributed by atoms with Gasteiger partial charge in [0.05, 0.1) is 42.0 Å². The molecular weight excluding hydrogens is 416 g/mol. The molecular formula is C22H22N4O6. The smallest absolute Gasteiger partial charge is 0.322 e. The van der Waals surface area contributed by atoms with Crippen LogP contribution in [0.15, 0.2) is 36.4 Å². The molecule has 166 valence electrons. The minimum absolute atomic E-state index is 0.0428. The number of amides is 1. The van der Waals surface area contributed by atoms with Gasteiger partial charge in [-0.2, -0.15) is 5.10 Å². The van der Waals surface area contributed by atoms with Crippen LogP contribution in [-0.4, -0.2) is 65.9 Å². The van der Waals surface area contributed by atoms with Crippen LogP contribution in [0.2, 0.25) is 0 Å². The number of nitro benzene ring substituents is 1. The average molecular weight is 438 g/mol. The van der Waals surface area contributed by atoms with Crippen molar-refractivity contribution < 1.29 is 23.9 Å². The number of carbonyl (C=O) groups is 1. The average Bonchev–Trinajstić information content (AvgIpc) is 3.24. The molecule has 4 rings (SSSR count). The van der Waals surface area contributed by atoms with Gasteiger partial charge in [0, 0.05) is 18.5 Å². The van der Waals surface area contributed by atoms with Gasteiger partial charge in [-0.1, -0.05) is 18.2 Å². The summed E-state index contributed by atoms with van der Waals surface area (Å²) in [5.74, 6) is -0.130. The predicted octanol–water partition coefficient (Wildman–Crippen LogP) is 2.89. The molecule has 1 saturated heterocycles. The van der Waals surface area contributed by atoms with Crippen LogP contribution in [0.5, 0.6) is 11.5 Å². The number of ether oxygens (including phenoxy) is 3. The van der Waals surface area contributed by atoms with E-state index >= 15 is 0 Å². The second kappa shape index (κ2) is 9.48. The number of fused-ring (bicyclic) bond motifs is 1. The molecule has 2 heterocycles. The summed E-state index contributed by atoms with van der Waals surface area (Å²) >= 11 is 0. The Hall–Kier alpha value is -3.92. The number of aromatic amines is 1. The molecule has 10 nitrogen and oxygen atoms in total. The van der Waals surface area contributed by atoms with Crippen molar-refractivity contribution in [2.24, 2.45) is 0 Å². The van der Waals surface area contributed by atoms with Gasteiger partial charge in [0.2, 0.25) is 5.75 Å². The number of methoxy groups -OCH3 is 1. The molecule has 1 aliphatic rings. The Morgan fingerprint density at radius 2 is 2.03 bits per heavy atom. The van der Waals surface area contributed by atoms with Gasteiger partial charge in [-0.05, 0) is 30.4 Å². The van der Waals surface area contributed by atoms with Crippen LogP contribution in [0.4, 0.5) is 5.69 Å². The van der Waals surface area contributed by atoms with Gasteiger partial charge in [0.15, 0.2) is 12.4 Å². The third-order valence-electron chi connectivity index (χ3n) is 5.15. The zero-order valence-corrected chi connectivity index (χ0v) is 17.4. The van der Waals surface area contributed by atoms with E-state index in [1.54, 1.807) is 29.2 Å². The van der Waals surface area contributed by atoms with Gasteiger partial charge >= 0.3 is 5.69 Å². The van der Waals surface area contributed by atoms with Crippen LogP contribution in [-0.2, 0) is 9.53 Å². The summed E-state index contributed by atoms with van der Waals surface area (Å²) in [7, 11) is 1.33. The maximum atomic E-state index is 12.3. The Bertz CT molecular complexity index is 1170. The van der Waals surface area contributed by atoms with Gasteiger partial charge in [-0.3, -0.25) is 20.0 Å². The number of nitrogens with one attached hydrogen (secondary N) is 1. The normalized spacial score (nSPS) is 14.1. The molecule has 1 fully saturated rings. The Morgan fingerprint density at radius 1 is 1.25 bits per heavy atom. The molecule has 0 bridgehead atoms. The molecule has 1 N–H and O–H groups in total. The highest BCUT2D eigenvalue weighted by Crippen LogP contribution is 2.40. The number of morpholine rings is 1. The van der Waals surface area contributed by atoms with Crippen molar-refractivity contribution in [3.05, 3.63) is 57.8 Å². The van der Waals surface area contributed by atoms with E-state index in [1.165, 1.54) is 7.11 Å². The fourth-order valence-corrected chi connectivity index (χ4v) is 3.53. The number of nitrogens with zero attached hydrogens (tertiary/aromatic N) is 3. The van der Waals surface area contributed by atoms with Crippen molar-refractivity contribution in [2.75, 3.05) is 40.0 Å². The monoisotopic (exact) mass is 438 g/mol. The summed E-state index contributed by atoms with van der Waals surface area (Å²) in [4.78, 5) is 25.3. The summed E-state index contributed by atoms with van der Waals surface area (Å²) in [6, 6.07) is 10.7. The molecule has 1 aromatic heterocycles. The van der Waals surface area contributed by atoms with E-state index < -0.39 is 4.92 Å². The molecule has 0 saturated carbocycles. The van der Waals surface area contributed by atoms with Gasteiger partial charge in [0.1, 0.15) is 0 Å². The third-order valence-corrected chi connectivity index (χ3v) is 5.15. The first kappa shape index (κ1) is 21.3. The van der Waals surface area contributed by atoms with E-state index in [0.29, 0.717) is 37.6 Å². The van der Waals surface area contributed by atoms with Crippen molar-refractivity contribution in [3.63, 3.8) is 0 Å². The van der Waals surface area contributed by atoms with Crippen molar-refractivity contribution in [1.82, 2.24) is 15.1 Å². The molecule has 32 heavy (non-hydrogen) atoms. The highest BCUT2D eigenvalue weighted by Gasteiger charge is 2.25. The van der Waals surface area contributed by atoms with E-state index in [4.69, 9.17) is 14.2 Å². The third kappa shape index (κ3) is 4.40. The zero-order valence-electron chi connectivity index (χ0n) is 17.4. The fraction of sp³-hybridized carbons (Fsp3) is 0.273. The van der Waals surface area contributed by atoms with Gasteiger partial charge in [0.25, 0.3) is 5.91 Å². The van der Waals surface area contributed by atoms with Crippen molar-refractivity contribution in [2.45, 2.75) is 0 Å². The number of aromatic nitrogens is 2. The predicted molar refractivity (Wildman–Crippen MR) is 118 cm³/mol. The van der Waals surface area contributed by atoms with Crippen LogP contribution in [0.1, 0.15) is 11.3 Å². The SMILES string of the molecule is COc1c(OCC(=O)N2CCOCC2)ccc(C=Cc2n[nH]c3ccccc23)c1[N+](=O)[O-]. The Morgan fingerprint density at radius 3 is 2.78 bits per heavy atom. The molecule has 0 spiro atoms. The molecule has 0 atom stereocenters. The van der Waals surface area contributed by atoms with E-state index in [9.17, 15) is 14.9 Å². The minimum atomic E-state index is -0.530. The first-order valence-electron chi connectivity index (χ1n) is 10.0. The lowest BCUT2D eigenvalue weighted by Crippen LogP contribution is -2.43. The Labute approximate surface area is 183 Å². The lowest BCUT2D eigenvalue weighted by molar-refractivity contribution is -0.386. The molecule has 10 heteroatoms. The molecule has 0 radical (unpaired) electrons. The number of nitro groups is 1. The number of para-hydroxylation sites is 1. The first-order chi connectivity index (χ1) is 15.6. The number of H-pyrrole nitrogens is 1. The number of benzene rings is 2. The maximum absolute atomic E-state index is 12.3. The molecule has 1 aliphatic heterocycles. The topological polar surface area (TPSA) is 120 Å². The summed E-state index contributed by atoms with van der Waals surface area (Å²) in [5, 5.41) is 19.9. The van der Waals surface area contributed by atoms with Crippen LogP contribution in [0.3, 0.4) is 0 Å². The second-order valence-electron chi connectivity index (χ2n) is 7.06. The van der Waals surface area contributed by atoms with Crippen LogP contribution in [0, 0.1) is 10.1 Å². The van der Waals surface area contributed by atoms with E-state index in [1.807, 2.05) is 24.3 Å². The standard InChI is InChI=1S/C22H22N4O6/c1-30-22-19(32-14-20(27)25-10-12-31-13-11-25)9-7-15(21(22)26(28)29)6-8-18-16-4-2-3-5-17(16)23-24-18/h2-9H,10-14H2,1H3,(H,23,24). The first-order valence-corrected chi connectivity index (χ1v) is 10.0. The lowest BCUT2D eigenvalue weighted by atomic mass is 10.1.